The number of phenols is 1. The quantitative estimate of drug-likeness (QED) is 0.505. The van der Waals surface area contributed by atoms with E-state index in [-0.39, 0.29) is 5.75 Å². The van der Waals surface area contributed by atoms with Crippen molar-refractivity contribution in [2.45, 2.75) is 0 Å². The molecular weight excluding hydrogens is 154 g/mol. The minimum absolute atomic E-state index is 0.241. The average Bonchev–Trinajstić information content (AvgIpc) is 2.10. The molecule has 0 aliphatic rings. The second-order valence-corrected chi connectivity index (χ2v) is 2.28. The van der Waals surface area contributed by atoms with E-state index < -0.39 is 0 Å². The Kier molecular flexibility index (Phi) is 2.69. The molecule has 3 heteroatoms. The van der Waals surface area contributed by atoms with Crippen LogP contribution in [0.25, 0.3) is 0 Å². The van der Waals surface area contributed by atoms with Crippen LogP contribution < -0.4 is 0 Å². The summed E-state index contributed by atoms with van der Waals surface area (Å²) in [6.07, 6.45) is 0. The Morgan fingerprint density at radius 2 is 1.92 bits per heavy atom. The minimum Gasteiger partial charge on any atom is -0.508 e. The number of hydrogen-bond donors (Lipinski definition) is 1. The molecule has 0 amide bonds. The van der Waals surface area contributed by atoms with Crippen molar-refractivity contribution < 1.29 is 9.84 Å². The van der Waals surface area contributed by atoms with Gasteiger partial charge in [0, 0.05) is 12.6 Å². The second-order valence-electron chi connectivity index (χ2n) is 2.28. The van der Waals surface area contributed by atoms with Gasteiger partial charge >= 0.3 is 0 Å². The SMILES string of the molecule is C/N=C(\OC)c1ccc(O)cc1. The number of ether oxygens (including phenoxy) is 1. The zero-order valence-corrected chi connectivity index (χ0v) is 7.11. The molecule has 1 rings (SSSR count). The molecule has 1 N–H and O–H groups in total. The maximum Gasteiger partial charge on any atom is 0.215 e. The summed E-state index contributed by atoms with van der Waals surface area (Å²) in [6.45, 7) is 0. The first-order chi connectivity index (χ1) is 5.77. The first kappa shape index (κ1) is 8.59. The fourth-order valence-corrected chi connectivity index (χ4v) is 0.942. The molecule has 1 aromatic rings. The Morgan fingerprint density at radius 3 is 2.33 bits per heavy atom. The number of aromatic hydroxyl groups is 1. The number of benzene rings is 1. The summed E-state index contributed by atoms with van der Waals surface area (Å²) in [5, 5.41) is 9.00. The van der Waals surface area contributed by atoms with Crippen molar-refractivity contribution in [2.75, 3.05) is 14.2 Å². The van der Waals surface area contributed by atoms with Crippen LogP contribution in [-0.4, -0.2) is 25.2 Å². The van der Waals surface area contributed by atoms with Gasteiger partial charge in [-0.15, -0.1) is 0 Å². The highest BCUT2D eigenvalue weighted by Gasteiger charge is 2.00. The van der Waals surface area contributed by atoms with Crippen LogP contribution in [0.4, 0.5) is 0 Å². The number of aliphatic imine (C=N–C) groups is 1. The van der Waals surface area contributed by atoms with Gasteiger partial charge in [-0.05, 0) is 24.3 Å². The highest BCUT2D eigenvalue weighted by molar-refractivity contribution is 5.93. The van der Waals surface area contributed by atoms with Crippen molar-refractivity contribution in [3.63, 3.8) is 0 Å². The van der Waals surface area contributed by atoms with E-state index in [4.69, 9.17) is 9.84 Å². The lowest BCUT2D eigenvalue weighted by Crippen LogP contribution is -2.02. The smallest absolute Gasteiger partial charge is 0.215 e. The third-order valence-electron chi connectivity index (χ3n) is 1.51. The number of hydrogen-bond acceptors (Lipinski definition) is 3. The summed E-state index contributed by atoms with van der Waals surface area (Å²) >= 11 is 0. The highest BCUT2D eigenvalue weighted by Crippen LogP contribution is 2.10. The number of nitrogens with zero attached hydrogens (tertiary/aromatic N) is 1. The fourth-order valence-electron chi connectivity index (χ4n) is 0.942. The first-order valence-corrected chi connectivity index (χ1v) is 3.58. The highest BCUT2D eigenvalue weighted by atomic mass is 16.5. The van der Waals surface area contributed by atoms with Crippen molar-refractivity contribution in [1.82, 2.24) is 0 Å². The molecule has 64 valence electrons. The van der Waals surface area contributed by atoms with Crippen LogP contribution >= 0.6 is 0 Å². The molecule has 0 aliphatic carbocycles. The molecule has 12 heavy (non-hydrogen) atoms. The normalized spacial score (nSPS) is 11.3. The van der Waals surface area contributed by atoms with Crippen LogP contribution in [0.1, 0.15) is 5.56 Å². The monoisotopic (exact) mass is 165 g/mol. The Hall–Kier alpha value is -1.51. The number of phenolic OH excluding ortho intramolecular Hbond substituents is 1. The maximum absolute atomic E-state index is 9.00. The topological polar surface area (TPSA) is 41.8 Å². The van der Waals surface area contributed by atoms with Crippen molar-refractivity contribution in [2.24, 2.45) is 4.99 Å². The van der Waals surface area contributed by atoms with Gasteiger partial charge in [0.2, 0.25) is 5.90 Å². The van der Waals surface area contributed by atoms with Crippen LogP contribution in [0.5, 0.6) is 5.75 Å². The van der Waals surface area contributed by atoms with Crippen LogP contribution in [-0.2, 0) is 4.74 Å². The van der Waals surface area contributed by atoms with E-state index in [1.165, 1.54) is 0 Å². The lowest BCUT2D eigenvalue weighted by atomic mass is 10.2. The van der Waals surface area contributed by atoms with Crippen LogP contribution in [0.15, 0.2) is 29.3 Å². The van der Waals surface area contributed by atoms with E-state index in [0.29, 0.717) is 5.90 Å². The molecule has 0 heterocycles. The van der Waals surface area contributed by atoms with E-state index in [9.17, 15) is 0 Å². The van der Waals surface area contributed by atoms with Crippen LogP contribution in [0.2, 0.25) is 0 Å². The summed E-state index contributed by atoms with van der Waals surface area (Å²) in [4.78, 5) is 3.92. The number of rotatable bonds is 1. The van der Waals surface area contributed by atoms with E-state index in [1.807, 2.05) is 0 Å². The molecule has 0 bridgehead atoms. The lowest BCUT2D eigenvalue weighted by Gasteiger charge is -2.02. The molecule has 0 aromatic heterocycles. The molecule has 0 spiro atoms. The molecule has 0 fully saturated rings. The first-order valence-electron chi connectivity index (χ1n) is 3.58. The summed E-state index contributed by atoms with van der Waals surface area (Å²) < 4.78 is 4.99. The van der Waals surface area contributed by atoms with Gasteiger partial charge in [-0.2, -0.15) is 0 Å². The summed E-state index contributed by atoms with van der Waals surface area (Å²) in [7, 11) is 3.22. The van der Waals surface area contributed by atoms with E-state index in [1.54, 1.807) is 38.4 Å². The summed E-state index contributed by atoms with van der Waals surface area (Å²) in [5.41, 5.74) is 0.859. The maximum atomic E-state index is 9.00. The largest absolute Gasteiger partial charge is 0.508 e. The lowest BCUT2D eigenvalue weighted by molar-refractivity contribution is 0.404. The summed E-state index contributed by atoms with van der Waals surface area (Å²) in [5.74, 6) is 0.806. The molecule has 3 nitrogen and oxygen atoms in total. The minimum atomic E-state index is 0.241. The molecule has 0 saturated carbocycles. The molecule has 0 radical (unpaired) electrons. The van der Waals surface area contributed by atoms with Gasteiger partial charge in [-0.3, -0.25) is 4.99 Å². The van der Waals surface area contributed by atoms with Crippen molar-refractivity contribution in [1.29, 1.82) is 0 Å². The zero-order chi connectivity index (χ0) is 8.97. The Balaban J connectivity index is 2.96. The molecule has 0 saturated heterocycles. The van der Waals surface area contributed by atoms with Crippen molar-refractivity contribution >= 4 is 5.90 Å². The molecule has 0 aliphatic heterocycles. The summed E-state index contributed by atoms with van der Waals surface area (Å²) in [6, 6.07) is 6.70. The second kappa shape index (κ2) is 3.76. The van der Waals surface area contributed by atoms with Gasteiger partial charge in [0.05, 0.1) is 7.11 Å². The van der Waals surface area contributed by atoms with E-state index in [2.05, 4.69) is 4.99 Å². The predicted octanol–water partition coefficient (Wildman–Crippen LogP) is 1.42. The standard InChI is InChI=1S/C9H11NO2/c1-10-9(12-2)7-3-5-8(11)6-4-7/h3-6,11H,1-2H3/b10-9-. The van der Waals surface area contributed by atoms with E-state index >= 15 is 0 Å². The van der Waals surface area contributed by atoms with Gasteiger partial charge in [-0.25, -0.2) is 0 Å². The van der Waals surface area contributed by atoms with Gasteiger partial charge in [-0.1, -0.05) is 0 Å². The molecule has 1 aromatic carbocycles. The van der Waals surface area contributed by atoms with Gasteiger partial charge in [0.1, 0.15) is 5.75 Å². The van der Waals surface area contributed by atoms with Crippen LogP contribution in [0, 0.1) is 0 Å². The average molecular weight is 165 g/mol. The Labute approximate surface area is 71.3 Å². The third kappa shape index (κ3) is 1.75. The van der Waals surface area contributed by atoms with E-state index in [0.717, 1.165) is 5.56 Å². The molecule has 0 atom stereocenters. The molecule has 0 unspecified atom stereocenters. The van der Waals surface area contributed by atoms with Crippen molar-refractivity contribution in [3.05, 3.63) is 29.8 Å². The van der Waals surface area contributed by atoms with Gasteiger partial charge in [0.25, 0.3) is 0 Å². The third-order valence-corrected chi connectivity index (χ3v) is 1.51. The van der Waals surface area contributed by atoms with Gasteiger partial charge in [0.15, 0.2) is 0 Å². The van der Waals surface area contributed by atoms with Crippen molar-refractivity contribution in [3.8, 4) is 5.75 Å². The number of methoxy groups -OCH3 is 1. The predicted molar refractivity (Wildman–Crippen MR) is 47.6 cm³/mol. The Morgan fingerprint density at radius 1 is 1.33 bits per heavy atom. The molecular formula is C9H11NO2. The Bertz CT molecular complexity index is 277. The fraction of sp³-hybridized carbons (Fsp3) is 0.222. The van der Waals surface area contributed by atoms with Crippen LogP contribution in [0.3, 0.4) is 0 Å². The van der Waals surface area contributed by atoms with Gasteiger partial charge < -0.3 is 9.84 Å². The zero-order valence-electron chi connectivity index (χ0n) is 7.11.